The van der Waals surface area contributed by atoms with E-state index in [0.717, 1.165) is 45.0 Å². The molecule has 1 fully saturated rings. The van der Waals surface area contributed by atoms with Crippen molar-refractivity contribution in [1.82, 2.24) is 20.4 Å². The molecule has 1 saturated heterocycles. The Bertz CT molecular complexity index is 802. The highest BCUT2D eigenvalue weighted by molar-refractivity contribution is 5.80. The number of nitrogens with one attached hydrogen (secondary N) is 2. The van der Waals surface area contributed by atoms with Crippen LogP contribution < -0.4 is 10.6 Å². The van der Waals surface area contributed by atoms with Gasteiger partial charge in [-0.15, -0.1) is 0 Å². The van der Waals surface area contributed by atoms with E-state index in [1.165, 1.54) is 16.7 Å². The molecule has 2 N–H and O–H groups in total. The van der Waals surface area contributed by atoms with Gasteiger partial charge in [-0.1, -0.05) is 54.6 Å². The number of likely N-dealkylation sites (tertiary alicyclic amines) is 1. The van der Waals surface area contributed by atoms with Crippen LogP contribution in [0.15, 0.2) is 59.6 Å². The SMILES string of the molecule is CN=C(NCc1cccc(CN(C)C)c1)NC1CCN(Cc2ccccc2)C(C)C1. The summed E-state index contributed by atoms with van der Waals surface area (Å²) in [6.45, 7) is 6.22. The Kier molecular flexibility index (Phi) is 8.29. The highest BCUT2D eigenvalue weighted by atomic mass is 15.2. The highest BCUT2D eigenvalue weighted by Crippen LogP contribution is 2.20. The molecule has 1 aliphatic heterocycles. The maximum absolute atomic E-state index is 4.45. The molecule has 5 heteroatoms. The maximum atomic E-state index is 4.45. The summed E-state index contributed by atoms with van der Waals surface area (Å²) < 4.78 is 0. The van der Waals surface area contributed by atoms with Crippen LogP contribution in [-0.4, -0.2) is 55.5 Å². The maximum Gasteiger partial charge on any atom is 0.191 e. The fraction of sp³-hybridized carbons (Fsp3) is 0.480. The van der Waals surface area contributed by atoms with Gasteiger partial charge >= 0.3 is 0 Å². The van der Waals surface area contributed by atoms with E-state index >= 15 is 0 Å². The molecule has 5 nitrogen and oxygen atoms in total. The van der Waals surface area contributed by atoms with Crippen LogP contribution in [0.5, 0.6) is 0 Å². The number of benzene rings is 2. The normalized spacial score (nSPS) is 20.4. The molecule has 1 aliphatic rings. The number of aliphatic imine (C=N–C) groups is 1. The van der Waals surface area contributed by atoms with Crippen molar-refractivity contribution >= 4 is 5.96 Å². The van der Waals surface area contributed by atoms with Crippen LogP contribution in [0.4, 0.5) is 0 Å². The van der Waals surface area contributed by atoms with Gasteiger partial charge in [0, 0.05) is 45.3 Å². The number of guanidine groups is 1. The zero-order valence-corrected chi connectivity index (χ0v) is 18.9. The summed E-state index contributed by atoms with van der Waals surface area (Å²) in [5, 5.41) is 7.13. The second-order valence-electron chi connectivity index (χ2n) is 8.65. The molecule has 0 bridgehead atoms. The van der Waals surface area contributed by atoms with Crippen molar-refractivity contribution in [2.45, 2.75) is 51.5 Å². The summed E-state index contributed by atoms with van der Waals surface area (Å²) in [5.74, 6) is 0.890. The van der Waals surface area contributed by atoms with Crippen molar-refractivity contribution in [2.24, 2.45) is 4.99 Å². The quantitative estimate of drug-likeness (QED) is 0.545. The van der Waals surface area contributed by atoms with E-state index in [-0.39, 0.29) is 0 Å². The van der Waals surface area contributed by atoms with Crippen LogP contribution in [0.1, 0.15) is 36.5 Å². The van der Waals surface area contributed by atoms with Gasteiger partial charge in [0.25, 0.3) is 0 Å². The van der Waals surface area contributed by atoms with Crippen molar-refractivity contribution in [1.29, 1.82) is 0 Å². The van der Waals surface area contributed by atoms with Crippen LogP contribution in [0.25, 0.3) is 0 Å². The molecule has 30 heavy (non-hydrogen) atoms. The highest BCUT2D eigenvalue weighted by Gasteiger charge is 2.25. The van der Waals surface area contributed by atoms with Gasteiger partial charge in [-0.3, -0.25) is 9.89 Å². The Morgan fingerprint density at radius 3 is 2.50 bits per heavy atom. The second-order valence-corrected chi connectivity index (χ2v) is 8.65. The van der Waals surface area contributed by atoms with E-state index in [9.17, 15) is 0 Å². The Morgan fingerprint density at radius 1 is 1.07 bits per heavy atom. The van der Waals surface area contributed by atoms with Gasteiger partial charge in [0.1, 0.15) is 0 Å². The van der Waals surface area contributed by atoms with E-state index in [4.69, 9.17) is 0 Å². The van der Waals surface area contributed by atoms with E-state index in [1.54, 1.807) is 0 Å². The molecule has 3 rings (SSSR count). The molecule has 1 heterocycles. The van der Waals surface area contributed by atoms with Gasteiger partial charge in [0.2, 0.25) is 0 Å². The summed E-state index contributed by atoms with van der Waals surface area (Å²) in [6.07, 6.45) is 2.27. The van der Waals surface area contributed by atoms with Gasteiger partial charge in [0.05, 0.1) is 0 Å². The Balaban J connectivity index is 1.47. The van der Waals surface area contributed by atoms with Gasteiger partial charge in [-0.25, -0.2) is 0 Å². The minimum Gasteiger partial charge on any atom is -0.354 e. The zero-order valence-electron chi connectivity index (χ0n) is 18.9. The van der Waals surface area contributed by atoms with Gasteiger partial charge in [-0.05, 0) is 50.6 Å². The third-order valence-electron chi connectivity index (χ3n) is 5.76. The van der Waals surface area contributed by atoms with Crippen LogP contribution in [0.2, 0.25) is 0 Å². The molecule has 0 aliphatic carbocycles. The fourth-order valence-corrected chi connectivity index (χ4v) is 4.18. The summed E-state index contributed by atoms with van der Waals surface area (Å²) >= 11 is 0. The van der Waals surface area contributed by atoms with Crippen molar-refractivity contribution in [3.8, 4) is 0 Å². The third kappa shape index (κ3) is 6.85. The minimum absolute atomic E-state index is 0.457. The average Bonchev–Trinajstić information content (AvgIpc) is 2.73. The van der Waals surface area contributed by atoms with Crippen molar-refractivity contribution in [3.05, 3.63) is 71.3 Å². The first-order valence-corrected chi connectivity index (χ1v) is 11.0. The van der Waals surface area contributed by atoms with Crippen LogP contribution in [0, 0.1) is 0 Å². The topological polar surface area (TPSA) is 42.9 Å². The summed E-state index contributed by atoms with van der Waals surface area (Å²) in [7, 11) is 6.05. The predicted octanol–water partition coefficient (Wildman–Crippen LogP) is 3.47. The Morgan fingerprint density at radius 2 is 1.80 bits per heavy atom. The zero-order chi connectivity index (χ0) is 21.3. The largest absolute Gasteiger partial charge is 0.354 e. The summed E-state index contributed by atoms with van der Waals surface area (Å²) in [6, 6.07) is 20.5. The minimum atomic E-state index is 0.457. The molecule has 0 aromatic heterocycles. The average molecular weight is 408 g/mol. The Hall–Kier alpha value is -2.37. The molecule has 2 unspecified atom stereocenters. The summed E-state index contributed by atoms with van der Waals surface area (Å²) in [4.78, 5) is 9.23. The number of nitrogens with zero attached hydrogens (tertiary/aromatic N) is 3. The number of piperidine rings is 1. The number of hydrogen-bond acceptors (Lipinski definition) is 3. The van der Waals surface area contributed by atoms with Crippen molar-refractivity contribution in [2.75, 3.05) is 27.7 Å². The molecule has 2 atom stereocenters. The van der Waals surface area contributed by atoms with E-state index < -0.39 is 0 Å². The molecule has 162 valence electrons. The lowest BCUT2D eigenvalue weighted by atomic mass is 9.97. The standard InChI is InChI=1S/C25H37N5/c1-20-15-24(13-14-30(20)19-21-9-6-5-7-10-21)28-25(26-2)27-17-22-11-8-12-23(16-22)18-29(3)4/h5-12,16,20,24H,13-15,17-19H2,1-4H3,(H2,26,27,28). The lowest BCUT2D eigenvalue weighted by molar-refractivity contribution is 0.134. The Labute approximate surface area is 182 Å². The molecular weight excluding hydrogens is 370 g/mol. The van der Waals surface area contributed by atoms with Crippen molar-refractivity contribution in [3.63, 3.8) is 0 Å². The van der Waals surface area contributed by atoms with Crippen LogP contribution in [0.3, 0.4) is 0 Å². The molecule has 0 amide bonds. The number of rotatable bonds is 7. The first-order valence-electron chi connectivity index (χ1n) is 11.0. The van der Waals surface area contributed by atoms with Crippen LogP contribution in [-0.2, 0) is 19.6 Å². The predicted molar refractivity (Wildman–Crippen MR) is 127 cm³/mol. The van der Waals surface area contributed by atoms with Gasteiger partial charge < -0.3 is 15.5 Å². The first-order chi connectivity index (χ1) is 14.5. The molecule has 0 radical (unpaired) electrons. The molecular formula is C25H37N5. The summed E-state index contributed by atoms with van der Waals surface area (Å²) in [5.41, 5.74) is 4.01. The van der Waals surface area contributed by atoms with E-state index in [2.05, 4.69) is 101 Å². The van der Waals surface area contributed by atoms with Crippen LogP contribution >= 0.6 is 0 Å². The van der Waals surface area contributed by atoms with E-state index in [1.807, 2.05) is 7.05 Å². The van der Waals surface area contributed by atoms with E-state index in [0.29, 0.717) is 12.1 Å². The fourth-order valence-electron chi connectivity index (χ4n) is 4.18. The molecule has 2 aromatic rings. The molecule has 0 spiro atoms. The first kappa shape index (κ1) is 22.3. The molecule has 0 saturated carbocycles. The third-order valence-corrected chi connectivity index (χ3v) is 5.76. The molecule has 2 aromatic carbocycles. The second kappa shape index (κ2) is 11.1. The van der Waals surface area contributed by atoms with Gasteiger partial charge in [0.15, 0.2) is 5.96 Å². The lowest BCUT2D eigenvalue weighted by Crippen LogP contribution is -2.51. The smallest absolute Gasteiger partial charge is 0.191 e. The van der Waals surface area contributed by atoms with Gasteiger partial charge in [-0.2, -0.15) is 0 Å². The van der Waals surface area contributed by atoms with Crippen molar-refractivity contribution < 1.29 is 0 Å². The monoisotopic (exact) mass is 407 g/mol. The lowest BCUT2D eigenvalue weighted by Gasteiger charge is -2.38. The number of hydrogen-bond donors (Lipinski definition) is 2.